The van der Waals surface area contributed by atoms with Crippen LogP contribution in [0.2, 0.25) is 0 Å². The van der Waals surface area contributed by atoms with Crippen molar-refractivity contribution in [2.45, 2.75) is 5.33 Å². The Morgan fingerprint density at radius 1 is 1.29 bits per heavy atom. The van der Waals surface area contributed by atoms with Crippen LogP contribution in [0.15, 0.2) is 29.8 Å². The molecule has 0 saturated heterocycles. The lowest BCUT2D eigenvalue weighted by molar-refractivity contribution is 1.40. The van der Waals surface area contributed by atoms with Gasteiger partial charge >= 0.3 is 0 Å². The van der Waals surface area contributed by atoms with Crippen molar-refractivity contribution in [2.24, 2.45) is 0 Å². The molecule has 0 saturated carbocycles. The summed E-state index contributed by atoms with van der Waals surface area (Å²) in [5.41, 5.74) is 2.09. The molecular formula is C11H7BrN2. The minimum atomic E-state index is 0.124. The fourth-order valence-corrected chi connectivity index (χ4v) is 1.55. The van der Waals surface area contributed by atoms with Crippen LogP contribution in [-0.4, -0.2) is 0 Å². The molecule has 0 atom stereocenters. The maximum absolute atomic E-state index is 8.60. The van der Waals surface area contributed by atoms with E-state index in [-0.39, 0.29) is 5.57 Å². The maximum atomic E-state index is 8.60. The monoisotopic (exact) mass is 246 g/mol. The second kappa shape index (κ2) is 5.21. The summed E-state index contributed by atoms with van der Waals surface area (Å²) in [6, 6.07) is 11.3. The van der Waals surface area contributed by atoms with E-state index >= 15 is 0 Å². The lowest BCUT2D eigenvalue weighted by Crippen LogP contribution is -1.84. The number of hydrogen-bond donors (Lipinski definition) is 0. The number of rotatable bonds is 2. The largest absolute Gasteiger partial charge is 0.192 e. The van der Waals surface area contributed by atoms with Gasteiger partial charge in [0.05, 0.1) is 0 Å². The highest BCUT2D eigenvalue weighted by Crippen LogP contribution is 2.15. The molecule has 0 aliphatic carbocycles. The zero-order valence-electron chi connectivity index (χ0n) is 7.37. The van der Waals surface area contributed by atoms with Crippen LogP contribution >= 0.6 is 15.9 Å². The molecule has 1 aromatic rings. The third-order valence-corrected chi connectivity index (χ3v) is 2.34. The Labute approximate surface area is 91.2 Å². The summed E-state index contributed by atoms with van der Waals surface area (Å²) in [6.07, 6.45) is 1.59. The molecule has 1 aromatic carbocycles. The van der Waals surface area contributed by atoms with Crippen molar-refractivity contribution in [3.63, 3.8) is 0 Å². The molecular weight excluding hydrogens is 240 g/mol. The highest BCUT2D eigenvalue weighted by Gasteiger charge is 1.99. The average molecular weight is 247 g/mol. The van der Waals surface area contributed by atoms with Crippen LogP contribution in [0, 0.1) is 22.7 Å². The molecule has 0 fully saturated rings. The Kier molecular flexibility index (Phi) is 3.91. The summed E-state index contributed by atoms with van der Waals surface area (Å²) >= 11 is 3.35. The van der Waals surface area contributed by atoms with Gasteiger partial charge in [-0.1, -0.05) is 40.2 Å². The van der Waals surface area contributed by atoms with Gasteiger partial charge in [-0.05, 0) is 17.2 Å². The van der Waals surface area contributed by atoms with Crippen molar-refractivity contribution in [3.05, 3.63) is 41.0 Å². The first-order valence-corrected chi connectivity index (χ1v) is 5.09. The van der Waals surface area contributed by atoms with Crippen LogP contribution in [0.5, 0.6) is 0 Å². The molecule has 3 heteroatoms. The molecule has 14 heavy (non-hydrogen) atoms. The Morgan fingerprint density at radius 3 is 2.50 bits per heavy atom. The number of halogens is 1. The van der Waals surface area contributed by atoms with Crippen LogP contribution < -0.4 is 0 Å². The van der Waals surface area contributed by atoms with Crippen LogP contribution in [-0.2, 0) is 5.33 Å². The van der Waals surface area contributed by atoms with Crippen molar-refractivity contribution in [3.8, 4) is 12.1 Å². The lowest BCUT2D eigenvalue weighted by Gasteiger charge is -2.00. The second-order valence-electron chi connectivity index (χ2n) is 2.61. The van der Waals surface area contributed by atoms with Crippen LogP contribution in [0.4, 0.5) is 0 Å². The van der Waals surface area contributed by atoms with E-state index in [0.717, 1.165) is 11.1 Å². The molecule has 1 rings (SSSR count). The van der Waals surface area contributed by atoms with Crippen molar-refractivity contribution in [1.29, 1.82) is 10.5 Å². The number of hydrogen-bond acceptors (Lipinski definition) is 2. The SMILES string of the molecule is N#CC(C#N)=Cc1ccccc1CBr. The van der Waals surface area contributed by atoms with E-state index in [2.05, 4.69) is 15.9 Å². The van der Waals surface area contributed by atoms with Gasteiger partial charge < -0.3 is 0 Å². The van der Waals surface area contributed by atoms with Gasteiger partial charge in [0.25, 0.3) is 0 Å². The first kappa shape index (κ1) is 10.5. The van der Waals surface area contributed by atoms with Gasteiger partial charge in [0.15, 0.2) is 0 Å². The summed E-state index contributed by atoms with van der Waals surface area (Å²) < 4.78 is 0. The molecule has 0 bridgehead atoms. The summed E-state index contributed by atoms with van der Waals surface area (Å²) in [7, 11) is 0. The predicted molar refractivity (Wildman–Crippen MR) is 58.3 cm³/mol. The Balaban J connectivity index is 3.16. The van der Waals surface area contributed by atoms with E-state index in [9.17, 15) is 0 Å². The quantitative estimate of drug-likeness (QED) is 0.595. The molecule has 0 amide bonds. The third-order valence-electron chi connectivity index (χ3n) is 1.74. The Bertz CT molecular complexity index is 419. The number of allylic oxidation sites excluding steroid dienone is 1. The predicted octanol–water partition coefficient (Wildman–Crippen LogP) is 3.01. The fraction of sp³-hybridized carbons (Fsp3) is 0.0909. The molecule has 0 radical (unpaired) electrons. The Morgan fingerprint density at radius 2 is 1.93 bits per heavy atom. The van der Waals surface area contributed by atoms with Crippen LogP contribution in [0.3, 0.4) is 0 Å². The molecule has 0 N–H and O–H groups in total. The lowest BCUT2D eigenvalue weighted by atomic mass is 10.1. The molecule has 0 aromatic heterocycles. The van der Waals surface area contributed by atoms with Crippen LogP contribution in [0.25, 0.3) is 6.08 Å². The number of nitrogens with zero attached hydrogens (tertiary/aromatic N) is 2. The topological polar surface area (TPSA) is 47.6 Å². The molecule has 0 spiro atoms. The Hall–Kier alpha value is -1.58. The van der Waals surface area contributed by atoms with Gasteiger partial charge in [-0.3, -0.25) is 0 Å². The highest BCUT2D eigenvalue weighted by atomic mass is 79.9. The third kappa shape index (κ3) is 2.45. The smallest absolute Gasteiger partial charge is 0.130 e. The summed E-state index contributed by atoms with van der Waals surface area (Å²) in [5, 5.41) is 17.9. The van der Waals surface area contributed by atoms with Gasteiger partial charge in [0, 0.05) is 5.33 Å². The first-order chi connectivity index (χ1) is 6.81. The number of benzene rings is 1. The minimum absolute atomic E-state index is 0.124. The molecule has 2 nitrogen and oxygen atoms in total. The van der Waals surface area contributed by atoms with E-state index < -0.39 is 0 Å². The number of alkyl halides is 1. The van der Waals surface area contributed by atoms with E-state index in [4.69, 9.17) is 10.5 Å². The summed E-state index contributed by atoms with van der Waals surface area (Å²) in [5.74, 6) is 0. The highest BCUT2D eigenvalue weighted by molar-refractivity contribution is 9.08. The van der Waals surface area contributed by atoms with E-state index in [1.807, 2.05) is 36.4 Å². The second-order valence-corrected chi connectivity index (χ2v) is 3.17. The average Bonchev–Trinajstić information content (AvgIpc) is 2.26. The standard InChI is InChI=1S/C11H7BrN2/c12-6-11-4-2-1-3-10(11)5-9(7-13)8-14/h1-5H,6H2. The van der Waals surface area contributed by atoms with Crippen LogP contribution in [0.1, 0.15) is 11.1 Å². The molecule has 0 unspecified atom stereocenters. The van der Waals surface area contributed by atoms with Crippen molar-refractivity contribution in [1.82, 2.24) is 0 Å². The van der Waals surface area contributed by atoms with Gasteiger partial charge in [-0.15, -0.1) is 0 Å². The van der Waals surface area contributed by atoms with Gasteiger partial charge in [-0.25, -0.2) is 0 Å². The minimum Gasteiger partial charge on any atom is -0.192 e. The van der Waals surface area contributed by atoms with Gasteiger partial charge in [0.2, 0.25) is 0 Å². The van der Waals surface area contributed by atoms with Crippen molar-refractivity contribution >= 4 is 22.0 Å². The molecule has 0 aliphatic heterocycles. The molecule has 68 valence electrons. The summed E-state index contributed by atoms with van der Waals surface area (Å²) in [6.45, 7) is 0. The fourth-order valence-electron chi connectivity index (χ4n) is 1.04. The number of nitriles is 2. The van der Waals surface area contributed by atoms with Gasteiger partial charge in [0.1, 0.15) is 17.7 Å². The van der Waals surface area contributed by atoms with E-state index in [1.54, 1.807) is 6.08 Å². The first-order valence-electron chi connectivity index (χ1n) is 3.97. The van der Waals surface area contributed by atoms with E-state index in [0.29, 0.717) is 5.33 Å². The van der Waals surface area contributed by atoms with E-state index in [1.165, 1.54) is 0 Å². The summed E-state index contributed by atoms with van der Waals surface area (Å²) in [4.78, 5) is 0. The van der Waals surface area contributed by atoms with Crippen molar-refractivity contribution < 1.29 is 0 Å². The van der Waals surface area contributed by atoms with Crippen molar-refractivity contribution in [2.75, 3.05) is 0 Å². The molecule has 0 aliphatic rings. The van der Waals surface area contributed by atoms with Gasteiger partial charge in [-0.2, -0.15) is 10.5 Å². The maximum Gasteiger partial charge on any atom is 0.130 e. The zero-order valence-corrected chi connectivity index (χ0v) is 8.95. The zero-order chi connectivity index (χ0) is 10.4. The molecule has 0 heterocycles. The normalized spacial score (nSPS) is 8.50.